The molecule has 0 aliphatic heterocycles. The van der Waals surface area contributed by atoms with Crippen molar-refractivity contribution >= 4 is 0 Å². The van der Waals surface area contributed by atoms with Crippen LogP contribution in [0.5, 0.6) is 5.75 Å². The Labute approximate surface area is 97.2 Å². The van der Waals surface area contributed by atoms with Gasteiger partial charge in [-0.1, -0.05) is 24.3 Å². The summed E-state index contributed by atoms with van der Waals surface area (Å²) in [5.74, 6) is 0.293. The molecular weight excluding hydrogens is 200 g/mol. The Balaban J connectivity index is 2.28. The Morgan fingerprint density at radius 1 is 1.31 bits per heavy atom. The monoisotopic (exact) mass is 220 g/mol. The van der Waals surface area contributed by atoms with Gasteiger partial charge in [-0.2, -0.15) is 0 Å². The van der Waals surface area contributed by atoms with E-state index in [0.717, 1.165) is 31.2 Å². The zero-order valence-electron chi connectivity index (χ0n) is 9.76. The molecular formula is C14H20O2. The summed E-state index contributed by atoms with van der Waals surface area (Å²) in [6, 6.07) is 7.21. The van der Waals surface area contributed by atoms with Gasteiger partial charge in [-0.25, -0.2) is 0 Å². The predicted octanol–water partition coefficient (Wildman–Crippen LogP) is 3.04. The molecule has 0 aliphatic carbocycles. The van der Waals surface area contributed by atoms with Gasteiger partial charge in [0.15, 0.2) is 0 Å². The number of phenolic OH excluding ortho intramolecular Hbond substituents is 1. The highest BCUT2D eigenvalue weighted by molar-refractivity contribution is 5.27. The highest BCUT2D eigenvalue weighted by atomic mass is 16.3. The standard InChI is InChI=1S/C14H20O2/c1-2-3-4-7-13(15)10-9-12-6-5-8-14(16)11-12/h2-3,5-6,8,11,13,15-16H,4,7,9-10H2,1H3. The fourth-order valence-corrected chi connectivity index (χ4v) is 1.64. The smallest absolute Gasteiger partial charge is 0.115 e. The van der Waals surface area contributed by atoms with E-state index in [2.05, 4.69) is 6.08 Å². The van der Waals surface area contributed by atoms with E-state index >= 15 is 0 Å². The molecule has 1 unspecified atom stereocenters. The number of benzene rings is 1. The fourth-order valence-electron chi connectivity index (χ4n) is 1.64. The van der Waals surface area contributed by atoms with E-state index in [1.165, 1.54) is 0 Å². The maximum atomic E-state index is 9.71. The second-order valence-electron chi connectivity index (χ2n) is 4.01. The van der Waals surface area contributed by atoms with Crippen LogP contribution in [0.25, 0.3) is 0 Å². The summed E-state index contributed by atoms with van der Waals surface area (Å²) in [7, 11) is 0. The van der Waals surface area contributed by atoms with Crippen LogP contribution in [0.4, 0.5) is 0 Å². The molecule has 2 nitrogen and oxygen atoms in total. The van der Waals surface area contributed by atoms with Crippen LogP contribution in [0.1, 0.15) is 31.7 Å². The molecule has 2 heteroatoms. The minimum atomic E-state index is -0.251. The molecule has 0 saturated heterocycles. The van der Waals surface area contributed by atoms with Crippen molar-refractivity contribution in [3.63, 3.8) is 0 Å². The van der Waals surface area contributed by atoms with Gasteiger partial charge in [-0.05, 0) is 50.3 Å². The molecule has 88 valence electrons. The number of rotatable bonds is 6. The van der Waals surface area contributed by atoms with Gasteiger partial charge in [0.1, 0.15) is 5.75 Å². The topological polar surface area (TPSA) is 40.5 Å². The first-order valence-corrected chi connectivity index (χ1v) is 5.79. The Bertz CT molecular complexity index is 331. The number of phenols is 1. The van der Waals surface area contributed by atoms with Gasteiger partial charge >= 0.3 is 0 Å². The van der Waals surface area contributed by atoms with Crippen molar-refractivity contribution in [3.8, 4) is 5.75 Å². The van der Waals surface area contributed by atoms with Crippen LogP contribution >= 0.6 is 0 Å². The van der Waals surface area contributed by atoms with Crippen molar-refractivity contribution in [2.45, 2.75) is 38.7 Å². The van der Waals surface area contributed by atoms with Crippen molar-refractivity contribution in [3.05, 3.63) is 42.0 Å². The lowest BCUT2D eigenvalue weighted by molar-refractivity contribution is 0.156. The van der Waals surface area contributed by atoms with Crippen molar-refractivity contribution in [1.29, 1.82) is 0 Å². The van der Waals surface area contributed by atoms with Crippen molar-refractivity contribution < 1.29 is 10.2 Å². The third-order valence-corrected chi connectivity index (χ3v) is 2.58. The molecule has 0 heterocycles. The lowest BCUT2D eigenvalue weighted by atomic mass is 10.0. The van der Waals surface area contributed by atoms with Crippen LogP contribution in [0.15, 0.2) is 36.4 Å². The average Bonchev–Trinajstić information content (AvgIpc) is 2.27. The van der Waals surface area contributed by atoms with E-state index in [9.17, 15) is 10.2 Å². The number of aliphatic hydroxyl groups excluding tert-OH is 1. The Morgan fingerprint density at radius 2 is 2.12 bits per heavy atom. The lowest BCUT2D eigenvalue weighted by Gasteiger charge is -2.09. The van der Waals surface area contributed by atoms with Gasteiger partial charge in [-0.3, -0.25) is 0 Å². The summed E-state index contributed by atoms with van der Waals surface area (Å²) >= 11 is 0. The second-order valence-corrected chi connectivity index (χ2v) is 4.01. The molecule has 0 aromatic heterocycles. The number of allylic oxidation sites excluding steroid dienone is 2. The van der Waals surface area contributed by atoms with Gasteiger partial charge in [0.05, 0.1) is 6.10 Å². The van der Waals surface area contributed by atoms with Crippen LogP contribution in [0.3, 0.4) is 0 Å². The van der Waals surface area contributed by atoms with Crippen LogP contribution in [-0.2, 0) is 6.42 Å². The largest absolute Gasteiger partial charge is 0.508 e. The van der Waals surface area contributed by atoms with Crippen molar-refractivity contribution in [2.75, 3.05) is 0 Å². The summed E-state index contributed by atoms with van der Waals surface area (Å²) in [6.07, 6.45) is 7.12. The molecule has 0 bridgehead atoms. The third-order valence-electron chi connectivity index (χ3n) is 2.58. The number of aliphatic hydroxyl groups is 1. The van der Waals surface area contributed by atoms with Crippen LogP contribution in [-0.4, -0.2) is 16.3 Å². The zero-order valence-corrected chi connectivity index (χ0v) is 9.76. The first kappa shape index (κ1) is 12.8. The van der Waals surface area contributed by atoms with E-state index < -0.39 is 0 Å². The van der Waals surface area contributed by atoms with E-state index in [1.54, 1.807) is 12.1 Å². The summed E-state index contributed by atoms with van der Waals surface area (Å²) in [5.41, 5.74) is 1.07. The van der Waals surface area contributed by atoms with Gasteiger partial charge in [0.25, 0.3) is 0 Å². The van der Waals surface area contributed by atoms with Gasteiger partial charge in [0, 0.05) is 0 Å². The number of hydrogen-bond donors (Lipinski definition) is 2. The van der Waals surface area contributed by atoms with Gasteiger partial charge in [0.2, 0.25) is 0 Å². The van der Waals surface area contributed by atoms with Gasteiger partial charge in [-0.15, -0.1) is 0 Å². The quantitative estimate of drug-likeness (QED) is 0.723. The highest BCUT2D eigenvalue weighted by Gasteiger charge is 2.03. The first-order chi connectivity index (χ1) is 7.72. The summed E-state index contributed by atoms with van der Waals surface area (Å²) in [6.45, 7) is 1.99. The molecule has 2 N–H and O–H groups in total. The SMILES string of the molecule is CC=CCCC(O)CCc1cccc(O)c1. The molecule has 0 spiro atoms. The van der Waals surface area contributed by atoms with Crippen LogP contribution < -0.4 is 0 Å². The molecule has 0 radical (unpaired) electrons. The maximum absolute atomic E-state index is 9.71. The number of aryl methyl sites for hydroxylation is 1. The molecule has 0 saturated carbocycles. The van der Waals surface area contributed by atoms with E-state index in [1.807, 2.05) is 25.1 Å². The normalized spacial score (nSPS) is 13.1. The number of hydrogen-bond acceptors (Lipinski definition) is 2. The minimum absolute atomic E-state index is 0.251. The molecule has 0 fully saturated rings. The molecule has 0 aliphatic rings. The van der Waals surface area contributed by atoms with E-state index in [4.69, 9.17) is 0 Å². The minimum Gasteiger partial charge on any atom is -0.508 e. The van der Waals surface area contributed by atoms with E-state index in [-0.39, 0.29) is 6.10 Å². The molecule has 16 heavy (non-hydrogen) atoms. The molecule has 1 aromatic rings. The Morgan fingerprint density at radius 3 is 2.81 bits per heavy atom. The predicted molar refractivity (Wildman–Crippen MR) is 66.5 cm³/mol. The first-order valence-electron chi connectivity index (χ1n) is 5.79. The van der Waals surface area contributed by atoms with Crippen LogP contribution in [0.2, 0.25) is 0 Å². The van der Waals surface area contributed by atoms with Crippen LogP contribution in [0, 0.1) is 0 Å². The summed E-state index contributed by atoms with van der Waals surface area (Å²) < 4.78 is 0. The molecule has 1 atom stereocenters. The Hall–Kier alpha value is -1.28. The Kier molecular flexibility index (Phi) is 5.65. The molecule has 1 aromatic carbocycles. The average molecular weight is 220 g/mol. The summed E-state index contributed by atoms with van der Waals surface area (Å²) in [4.78, 5) is 0. The lowest BCUT2D eigenvalue weighted by Crippen LogP contribution is -2.07. The maximum Gasteiger partial charge on any atom is 0.115 e. The van der Waals surface area contributed by atoms with Crippen molar-refractivity contribution in [2.24, 2.45) is 0 Å². The highest BCUT2D eigenvalue weighted by Crippen LogP contribution is 2.14. The van der Waals surface area contributed by atoms with Gasteiger partial charge < -0.3 is 10.2 Å². The van der Waals surface area contributed by atoms with Crippen molar-refractivity contribution in [1.82, 2.24) is 0 Å². The molecule has 0 amide bonds. The summed E-state index contributed by atoms with van der Waals surface area (Å²) in [5, 5.41) is 19.0. The zero-order chi connectivity index (χ0) is 11.8. The number of aromatic hydroxyl groups is 1. The third kappa shape index (κ3) is 4.99. The molecule has 1 rings (SSSR count). The second kappa shape index (κ2) is 7.07. The fraction of sp³-hybridized carbons (Fsp3) is 0.429. The van der Waals surface area contributed by atoms with E-state index in [0.29, 0.717) is 5.75 Å².